The van der Waals surface area contributed by atoms with Gasteiger partial charge in [0.05, 0.1) is 4.90 Å². The first-order chi connectivity index (χ1) is 11.2. The lowest BCUT2D eigenvalue weighted by atomic mass is 9.94. The molecular formula is C18H28N2O3S. The topological polar surface area (TPSA) is 57.7 Å². The number of hydrogen-bond acceptors (Lipinski definition) is 3. The summed E-state index contributed by atoms with van der Waals surface area (Å²) in [5.41, 5.74) is 0.716. The van der Waals surface area contributed by atoms with Gasteiger partial charge in [0.1, 0.15) is 0 Å². The SMILES string of the molecule is CCCc1ccc(S(=O)(=O)N2CCN(C(=O)C(C)(C)C)CC2)cc1. The first-order valence-corrected chi connectivity index (χ1v) is 9.98. The highest BCUT2D eigenvalue weighted by atomic mass is 32.2. The van der Waals surface area contributed by atoms with Gasteiger partial charge in [-0.3, -0.25) is 4.79 Å². The maximum atomic E-state index is 12.8. The molecule has 6 heteroatoms. The predicted molar refractivity (Wildman–Crippen MR) is 95.2 cm³/mol. The molecule has 2 rings (SSSR count). The zero-order valence-electron chi connectivity index (χ0n) is 15.1. The number of carbonyl (C=O) groups is 1. The molecule has 1 aromatic carbocycles. The van der Waals surface area contributed by atoms with Gasteiger partial charge in [0.25, 0.3) is 0 Å². The van der Waals surface area contributed by atoms with Crippen molar-refractivity contribution in [1.82, 2.24) is 9.21 Å². The van der Waals surface area contributed by atoms with Crippen LogP contribution in [0.15, 0.2) is 29.2 Å². The van der Waals surface area contributed by atoms with Crippen LogP contribution in [0.1, 0.15) is 39.7 Å². The number of nitrogens with zero attached hydrogens (tertiary/aromatic N) is 2. The van der Waals surface area contributed by atoms with Gasteiger partial charge < -0.3 is 4.90 Å². The molecule has 0 N–H and O–H groups in total. The van der Waals surface area contributed by atoms with Crippen molar-refractivity contribution in [3.63, 3.8) is 0 Å². The highest BCUT2D eigenvalue weighted by molar-refractivity contribution is 7.89. The maximum absolute atomic E-state index is 12.8. The van der Waals surface area contributed by atoms with E-state index in [0.29, 0.717) is 31.1 Å². The van der Waals surface area contributed by atoms with E-state index in [1.165, 1.54) is 4.31 Å². The van der Waals surface area contributed by atoms with Crippen molar-refractivity contribution < 1.29 is 13.2 Å². The van der Waals surface area contributed by atoms with Gasteiger partial charge in [-0.05, 0) is 24.1 Å². The third-order valence-corrected chi connectivity index (χ3v) is 6.18. The lowest BCUT2D eigenvalue weighted by molar-refractivity contribution is -0.140. The number of piperazine rings is 1. The van der Waals surface area contributed by atoms with E-state index in [1.54, 1.807) is 17.0 Å². The molecule has 1 aliphatic rings. The van der Waals surface area contributed by atoms with Crippen LogP contribution in [0.3, 0.4) is 0 Å². The molecular weight excluding hydrogens is 324 g/mol. The Hall–Kier alpha value is -1.40. The van der Waals surface area contributed by atoms with E-state index in [-0.39, 0.29) is 5.91 Å². The Labute approximate surface area is 145 Å². The number of sulfonamides is 1. The van der Waals surface area contributed by atoms with Gasteiger partial charge in [-0.2, -0.15) is 4.31 Å². The average Bonchev–Trinajstić information content (AvgIpc) is 2.54. The first-order valence-electron chi connectivity index (χ1n) is 8.54. The van der Waals surface area contributed by atoms with Crippen LogP contribution in [0.25, 0.3) is 0 Å². The summed E-state index contributed by atoms with van der Waals surface area (Å²) in [6.07, 6.45) is 1.99. The van der Waals surface area contributed by atoms with Crippen molar-refractivity contribution in [2.24, 2.45) is 5.41 Å². The maximum Gasteiger partial charge on any atom is 0.243 e. The second-order valence-corrected chi connectivity index (χ2v) is 9.28. The Balaban J connectivity index is 2.06. The average molecular weight is 353 g/mol. The molecule has 134 valence electrons. The van der Waals surface area contributed by atoms with Crippen LogP contribution < -0.4 is 0 Å². The van der Waals surface area contributed by atoms with Crippen LogP contribution >= 0.6 is 0 Å². The summed E-state index contributed by atoms with van der Waals surface area (Å²) < 4.78 is 27.0. The standard InChI is InChI=1S/C18H28N2O3S/c1-5-6-15-7-9-16(10-8-15)24(22,23)20-13-11-19(12-14-20)17(21)18(2,3)4/h7-10H,5-6,11-14H2,1-4H3. The smallest absolute Gasteiger partial charge is 0.243 e. The van der Waals surface area contributed by atoms with Crippen molar-refractivity contribution in [3.05, 3.63) is 29.8 Å². The largest absolute Gasteiger partial charge is 0.340 e. The molecule has 0 atom stereocenters. The van der Waals surface area contributed by atoms with Crippen molar-refractivity contribution >= 4 is 15.9 Å². The Morgan fingerprint density at radius 3 is 2.04 bits per heavy atom. The number of benzene rings is 1. The molecule has 0 bridgehead atoms. The predicted octanol–water partition coefficient (Wildman–Crippen LogP) is 2.52. The van der Waals surface area contributed by atoms with E-state index in [1.807, 2.05) is 32.9 Å². The molecule has 0 radical (unpaired) electrons. The Kier molecular flexibility index (Phi) is 5.71. The summed E-state index contributed by atoms with van der Waals surface area (Å²) in [5.74, 6) is 0.0727. The summed E-state index contributed by atoms with van der Waals surface area (Å²) in [7, 11) is -3.48. The molecule has 0 unspecified atom stereocenters. The molecule has 1 fully saturated rings. The van der Waals surface area contributed by atoms with Gasteiger partial charge in [-0.1, -0.05) is 46.2 Å². The fraction of sp³-hybridized carbons (Fsp3) is 0.611. The fourth-order valence-corrected chi connectivity index (χ4v) is 4.29. The van der Waals surface area contributed by atoms with Gasteiger partial charge in [-0.15, -0.1) is 0 Å². The van der Waals surface area contributed by atoms with Crippen molar-refractivity contribution in [2.75, 3.05) is 26.2 Å². The lowest BCUT2D eigenvalue weighted by Gasteiger charge is -2.37. The minimum Gasteiger partial charge on any atom is -0.340 e. The number of aryl methyl sites for hydroxylation is 1. The molecule has 1 saturated heterocycles. The minimum absolute atomic E-state index is 0.0727. The molecule has 24 heavy (non-hydrogen) atoms. The summed E-state index contributed by atoms with van der Waals surface area (Å²) in [5, 5.41) is 0. The molecule has 1 aromatic rings. The minimum atomic E-state index is -3.48. The van der Waals surface area contributed by atoms with Crippen molar-refractivity contribution in [2.45, 2.75) is 45.4 Å². The molecule has 5 nitrogen and oxygen atoms in total. The van der Waals surface area contributed by atoms with Gasteiger partial charge in [0, 0.05) is 31.6 Å². The van der Waals surface area contributed by atoms with Crippen molar-refractivity contribution in [3.8, 4) is 0 Å². The highest BCUT2D eigenvalue weighted by Gasteiger charge is 2.33. The van der Waals surface area contributed by atoms with Gasteiger partial charge >= 0.3 is 0 Å². The number of rotatable bonds is 4. The van der Waals surface area contributed by atoms with E-state index in [9.17, 15) is 13.2 Å². The summed E-state index contributed by atoms with van der Waals surface area (Å²) in [6.45, 7) is 9.35. The molecule has 0 saturated carbocycles. The number of hydrogen-bond donors (Lipinski definition) is 0. The van der Waals surface area contributed by atoms with E-state index in [2.05, 4.69) is 6.92 Å². The van der Waals surface area contributed by atoms with E-state index in [0.717, 1.165) is 18.4 Å². The number of amides is 1. The molecule has 1 amide bonds. The van der Waals surface area contributed by atoms with Crippen LogP contribution in [0.2, 0.25) is 0 Å². The normalized spacial score (nSPS) is 17.1. The molecule has 1 heterocycles. The molecule has 0 spiro atoms. The Morgan fingerprint density at radius 2 is 1.58 bits per heavy atom. The van der Waals surface area contributed by atoms with Crippen LogP contribution in [0.4, 0.5) is 0 Å². The molecule has 1 aliphatic heterocycles. The third-order valence-electron chi connectivity index (χ3n) is 4.27. The van der Waals surface area contributed by atoms with E-state index in [4.69, 9.17) is 0 Å². The zero-order valence-corrected chi connectivity index (χ0v) is 15.9. The fourth-order valence-electron chi connectivity index (χ4n) is 2.87. The second kappa shape index (κ2) is 7.23. The first kappa shape index (κ1) is 18.9. The zero-order chi connectivity index (χ0) is 18.0. The quantitative estimate of drug-likeness (QED) is 0.837. The van der Waals surface area contributed by atoms with Crippen LogP contribution in [0.5, 0.6) is 0 Å². The molecule has 0 aliphatic carbocycles. The highest BCUT2D eigenvalue weighted by Crippen LogP contribution is 2.22. The third kappa shape index (κ3) is 4.16. The van der Waals surface area contributed by atoms with Gasteiger partial charge in [0.2, 0.25) is 15.9 Å². The van der Waals surface area contributed by atoms with Crippen LogP contribution in [0, 0.1) is 5.41 Å². The lowest BCUT2D eigenvalue weighted by Crippen LogP contribution is -2.52. The van der Waals surface area contributed by atoms with Crippen molar-refractivity contribution in [1.29, 1.82) is 0 Å². The van der Waals surface area contributed by atoms with Crippen LogP contribution in [-0.2, 0) is 21.2 Å². The second-order valence-electron chi connectivity index (χ2n) is 7.34. The van der Waals surface area contributed by atoms with Gasteiger partial charge in [0.15, 0.2) is 0 Å². The summed E-state index contributed by atoms with van der Waals surface area (Å²) in [4.78, 5) is 14.4. The Morgan fingerprint density at radius 1 is 1.04 bits per heavy atom. The van der Waals surface area contributed by atoms with E-state index < -0.39 is 15.4 Å². The summed E-state index contributed by atoms with van der Waals surface area (Å²) >= 11 is 0. The van der Waals surface area contributed by atoms with Crippen LogP contribution in [-0.4, -0.2) is 49.7 Å². The Bertz CT molecular complexity index is 667. The monoisotopic (exact) mass is 352 g/mol. The van der Waals surface area contributed by atoms with E-state index >= 15 is 0 Å². The summed E-state index contributed by atoms with van der Waals surface area (Å²) in [6, 6.07) is 7.14. The number of carbonyl (C=O) groups excluding carboxylic acids is 1. The molecule has 0 aromatic heterocycles. The van der Waals surface area contributed by atoms with Gasteiger partial charge in [-0.25, -0.2) is 8.42 Å².